The first-order chi connectivity index (χ1) is 24.3. The van der Waals surface area contributed by atoms with E-state index < -0.39 is 0 Å². The second-order valence-corrected chi connectivity index (χ2v) is 12.4. The summed E-state index contributed by atoms with van der Waals surface area (Å²) in [5.41, 5.74) is 10.8. The molecule has 5 nitrogen and oxygen atoms in total. The molecule has 10 aromatic rings. The van der Waals surface area contributed by atoms with Crippen molar-refractivity contribution >= 4 is 49.3 Å². The highest BCUT2D eigenvalue weighted by Crippen LogP contribution is 2.35. The average Bonchev–Trinajstić information content (AvgIpc) is 3.56. The van der Waals surface area contributed by atoms with Gasteiger partial charge in [-0.15, -0.1) is 0 Å². The van der Waals surface area contributed by atoms with Crippen molar-refractivity contribution < 1.29 is 0 Å². The summed E-state index contributed by atoms with van der Waals surface area (Å²) in [6.45, 7) is 0. The predicted octanol–water partition coefficient (Wildman–Crippen LogP) is 10.8. The molecule has 0 spiro atoms. The Hall–Kier alpha value is -6.72. The number of nitrogens with zero attached hydrogens (tertiary/aromatic N) is 5. The van der Waals surface area contributed by atoms with Crippen molar-refractivity contribution in [2.75, 3.05) is 0 Å². The number of rotatable bonds is 4. The molecule has 10 rings (SSSR count). The van der Waals surface area contributed by atoms with Crippen molar-refractivity contribution in [3.05, 3.63) is 164 Å². The Balaban J connectivity index is 1.06. The Labute approximate surface area is 281 Å². The zero-order valence-corrected chi connectivity index (χ0v) is 26.3. The summed E-state index contributed by atoms with van der Waals surface area (Å²) in [5.74, 6) is 0.706. The fraction of sp³-hybridized carbons (Fsp3) is 0. The van der Waals surface area contributed by atoms with Gasteiger partial charge in [0.2, 0.25) is 0 Å². The number of benzene rings is 6. The molecule has 228 valence electrons. The van der Waals surface area contributed by atoms with Crippen LogP contribution >= 0.6 is 0 Å². The molecule has 4 aromatic heterocycles. The van der Waals surface area contributed by atoms with E-state index in [0.29, 0.717) is 5.82 Å². The molecule has 0 saturated heterocycles. The summed E-state index contributed by atoms with van der Waals surface area (Å²) in [6.07, 6.45) is 2.02. The molecule has 0 radical (unpaired) electrons. The lowest BCUT2D eigenvalue weighted by atomic mass is 9.98. The van der Waals surface area contributed by atoms with Crippen molar-refractivity contribution in [2.45, 2.75) is 0 Å². The fourth-order valence-corrected chi connectivity index (χ4v) is 6.97. The predicted molar refractivity (Wildman–Crippen MR) is 200 cm³/mol. The smallest absolute Gasteiger partial charge is 0.165 e. The van der Waals surface area contributed by atoms with Crippen LogP contribution < -0.4 is 0 Å². The first-order valence-corrected chi connectivity index (χ1v) is 16.4. The molecule has 0 fully saturated rings. The van der Waals surface area contributed by atoms with Crippen LogP contribution in [0.1, 0.15) is 0 Å². The molecule has 0 N–H and O–H groups in total. The molecule has 49 heavy (non-hydrogen) atoms. The number of para-hydroxylation sites is 1. The number of imidazole rings is 1. The van der Waals surface area contributed by atoms with Crippen molar-refractivity contribution in [1.82, 2.24) is 24.3 Å². The van der Waals surface area contributed by atoms with Gasteiger partial charge in [0.05, 0.1) is 16.9 Å². The van der Waals surface area contributed by atoms with Crippen LogP contribution in [0.5, 0.6) is 0 Å². The van der Waals surface area contributed by atoms with Gasteiger partial charge in [0.25, 0.3) is 0 Å². The van der Waals surface area contributed by atoms with E-state index in [1.807, 2.05) is 36.5 Å². The Morgan fingerprint density at radius 1 is 0.388 bits per heavy atom. The van der Waals surface area contributed by atoms with E-state index in [2.05, 4.69) is 132 Å². The van der Waals surface area contributed by atoms with E-state index in [1.165, 1.54) is 10.8 Å². The van der Waals surface area contributed by atoms with Gasteiger partial charge in [0.1, 0.15) is 11.2 Å². The average molecular weight is 626 g/mol. The van der Waals surface area contributed by atoms with Gasteiger partial charge in [-0.2, -0.15) is 0 Å². The van der Waals surface area contributed by atoms with Gasteiger partial charge in [-0.05, 0) is 52.2 Å². The van der Waals surface area contributed by atoms with Crippen molar-refractivity contribution in [2.24, 2.45) is 0 Å². The molecule has 0 saturated carbocycles. The van der Waals surface area contributed by atoms with Gasteiger partial charge in [-0.1, -0.05) is 127 Å². The third-order valence-corrected chi connectivity index (χ3v) is 9.40. The summed E-state index contributed by atoms with van der Waals surface area (Å²) >= 11 is 0. The van der Waals surface area contributed by atoms with E-state index in [9.17, 15) is 0 Å². The largest absolute Gasteiger partial charge is 0.284 e. The first-order valence-electron chi connectivity index (χ1n) is 16.4. The van der Waals surface area contributed by atoms with Crippen LogP contribution in [0, 0.1) is 0 Å². The van der Waals surface area contributed by atoms with Crippen LogP contribution in [-0.4, -0.2) is 24.3 Å². The zero-order chi connectivity index (χ0) is 32.3. The van der Waals surface area contributed by atoms with Gasteiger partial charge in [-0.25, -0.2) is 19.9 Å². The third kappa shape index (κ3) is 4.55. The molecule has 0 unspecified atom stereocenters. The van der Waals surface area contributed by atoms with E-state index in [4.69, 9.17) is 19.9 Å². The number of pyridine rings is 2. The summed E-state index contributed by atoms with van der Waals surface area (Å²) in [7, 11) is 0. The summed E-state index contributed by atoms with van der Waals surface area (Å²) in [5, 5.41) is 5.63. The quantitative estimate of drug-likeness (QED) is 0.195. The number of aromatic nitrogens is 5. The summed E-state index contributed by atoms with van der Waals surface area (Å²) in [6, 6.07) is 54.8. The van der Waals surface area contributed by atoms with E-state index in [-0.39, 0.29) is 0 Å². The molecule has 4 heterocycles. The first kappa shape index (κ1) is 27.4. The van der Waals surface area contributed by atoms with E-state index in [1.54, 1.807) is 0 Å². The maximum Gasteiger partial charge on any atom is 0.165 e. The summed E-state index contributed by atoms with van der Waals surface area (Å²) in [4.78, 5) is 20.3. The molecular weight excluding hydrogens is 599 g/mol. The Morgan fingerprint density at radius 2 is 1.08 bits per heavy atom. The SMILES string of the molecule is c1cc(-c2ccc(-c3nc4c(nc5ccccn54)c4ccccc34)cc2)cc(-c2nc(-c3ccc4ccccc4c3)c3ccccc3n2)c1. The van der Waals surface area contributed by atoms with E-state index in [0.717, 1.165) is 77.7 Å². The fourth-order valence-electron chi connectivity index (χ4n) is 6.97. The molecule has 0 aliphatic carbocycles. The molecule has 0 aliphatic rings. The molecule has 6 aromatic carbocycles. The normalized spacial score (nSPS) is 11.7. The maximum absolute atomic E-state index is 5.18. The maximum atomic E-state index is 5.18. The Bertz CT molecular complexity index is 2890. The van der Waals surface area contributed by atoms with E-state index >= 15 is 0 Å². The number of hydrogen-bond acceptors (Lipinski definition) is 4. The highest BCUT2D eigenvalue weighted by atomic mass is 15.1. The lowest BCUT2D eigenvalue weighted by Crippen LogP contribution is -1.95. The topological polar surface area (TPSA) is 56.0 Å². The van der Waals surface area contributed by atoms with Gasteiger partial charge in [0.15, 0.2) is 11.5 Å². The highest BCUT2D eigenvalue weighted by molar-refractivity contribution is 6.09. The molecular formula is C44H27N5. The molecule has 5 heteroatoms. The Kier molecular flexibility index (Phi) is 6.11. The van der Waals surface area contributed by atoms with Gasteiger partial charge >= 0.3 is 0 Å². The lowest BCUT2D eigenvalue weighted by molar-refractivity contribution is 1.19. The highest BCUT2D eigenvalue weighted by Gasteiger charge is 2.16. The number of fused-ring (bicyclic) bond motifs is 7. The Morgan fingerprint density at radius 3 is 1.98 bits per heavy atom. The minimum Gasteiger partial charge on any atom is -0.284 e. The standard InChI is InChI=1S/C44H27N5/c1-2-11-31-26-33(24-21-28(31)10-1)41-37-16-5-6-17-38(37)45-43(47-41)34-13-9-12-32(27-34)29-19-22-30(23-20-29)40-35-14-3-4-15-36(35)42-44(48-40)49-25-8-7-18-39(49)46-42/h1-27H. The van der Waals surface area contributed by atoms with Crippen LogP contribution in [0.3, 0.4) is 0 Å². The lowest BCUT2D eigenvalue weighted by Gasteiger charge is -2.12. The molecule has 0 aliphatic heterocycles. The van der Waals surface area contributed by atoms with Gasteiger partial charge in [-0.3, -0.25) is 4.40 Å². The molecule has 0 bridgehead atoms. The van der Waals surface area contributed by atoms with Crippen LogP contribution in [0.15, 0.2) is 164 Å². The van der Waals surface area contributed by atoms with Crippen molar-refractivity contribution in [3.8, 4) is 45.0 Å². The number of hydrogen-bond donors (Lipinski definition) is 0. The second-order valence-electron chi connectivity index (χ2n) is 12.4. The molecule has 0 amide bonds. The van der Waals surface area contributed by atoms with Crippen molar-refractivity contribution in [3.63, 3.8) is 0 Å². The van der Waals surface area contributed by atoms with Gasteiger partial charge < -0.3 is 0 Å². The third-order valence-electron chi connectivity index (χ3n) is 9.40. The van der Waals surface area contributed by atoms with Crippen LogP contribution in [0.2, 0.25) is 0 Å². The second kappa shape index (κ2) is 10.9. The minimum absolute atomic E-state index is 0.706. The minimum atomic E-state index is 0.706. The van der Waals surface area contributed by atoms with Crippen molar-refractivity contribution in [1.29, 1.82) is 0 Å². The monoisotopic (exact) mass is 625 g/mol. The van der Waals surface area contributed by atoms with Crippen LogP contribution in [0.25, 0.3) is 94.3 Å². The zero-order valence-electron chi connectivity index (χ0n) is 26.3. The van der Waals surface area contributed by atoms with Crippen LogP contribution in [-0.2, 0) is 0 Å². The summed E-state index contributed by atoms with van der Waals surface area (Å²) < 4.78 is 2.06. The molecule has 0 atom stereocenters. The van der Waals surface area contributed by atoms with Crippen LogP contribution in [0.4, 0.5) is 0 Å². The van der Waals surface area contributed by atoms with Gasteiger partial charge in [0, 0.05) is 39.0 Å².